The molecule has 0 fully saturated rings. The Kier molecular flexibility index (Phi) is 2.73. The van der Waals surface area contributed by atoms with Crippen LogP contribution in [0.2, 0.25) is 0 Å². The smallest absolute Gasteiger partial charge is 0.123 e. The van der Waals surface area contributed by atoms with Gasteiger partial charge in [0.15, 0.2) is 0 Å². The Morgan fingerprint density at radius 1 is 1.35 bits per heavy atom. The van der Waals surface area contributed by atoms with Gasteiger partial charge in [0.25, 0.3) is 0 Å². The summed E-state index contributed by atoms with van der Waals surface area (Å²) in [6.45, 7) is 3.14. The highest BCUT2D eigenvalue weighted by molar-refractivity contribution is 7.15. The first-order valence-electron chi connectivity index (χ1n) is 5.83. The predicted molar refractivity (Wildman–Crippen MR) is 69.7 cm³/mol. The van der Waals surface area contributed by atoms with E-state index in [0.29, 0.717) is 6.04 Å². The second kappa shape index (κ2) is 4.24. The summed E-state index contributed by atoms with van der Waals surface area (Å²) in [5, 5.41) is 3.45. The molecule has 0 amide bonds. The van der Waals surface area contributed by atoms with Crippen LogP contribution in [0.5, 0.6) is 0 Å². The van der Waals surface area contributed by atoms with Gasteiger partial charge in [0.05, 0.1) is 0 Å². The van der Waals surface area contributed by atoms with Gasteiger partial charge in [-0.2, -0.15) is 0 Å². The van der Waals surface area contributed by atoms with Crippen molar-refractivity contribution in [3.05, 3.63) is 46.6 Å². The van der Waals surface area contributed by atoms with E-state index < -0.39 is 0 Å². The third kappa shape index (κ3) is 2.13. The van der Waals surface area contributed by atoms with Crippen molar-refractivity contribution in [1.82, 2.24) is 5.32 Å². The van der Waals surface area contributed by atoms with Crippen molar-refractivity contribution in [2.24, 2.45) is 0 Å². The average molecular weight is 247 g/mol. The molecular weight excluding hydrogens is 233 g/mol. The number of nitrogens with one attached hydrogen (secondary N) is 1. The van der Waals surface area contributed by atoms with E-state index in [1.54, 1.807) is 23.5 Å². The van der Waals surface area contributed by atoms with Crippen molar-refractivity contribution in [3.63, 3.8) is 0 Å². The van der Waals surface area contributed by atoms with E-state index in [0.717, 1.165) is 18.5 Å². The lowest BCUT2D eigenvalue weighted by Gasteiger charge is -2.19. The topological polar surface area (TPSA) is 12.0 Å². The molecule has 3 heteroatoms. The maximum Gasteiger partial charge on any atom is 0.123 e. The summed E-state index contributed by atoms with van der Waals surface area (Å²) in [7, 11) is 0. The minimum absolute atomic E-state index is 0.166. The van der Waals surface area contributed by atoms with Gasteiger partial charge in [-0.1, -0.05) is 12.1 Å². The van der Waals surface area contributed by atoms with Gasteiger partial charge in [-0.3, -0.25) is 0 Å². The summed E-state index contributed by atoms with van der Waals surface area (Å²) >= 11 is 1.77. The number of rotatable bonds is 1. The van der Waals surface area contributed by atoms with Gasteiger partial charge in [-0.15, -0.1) is 11.3 Å². The molecule has 1 unspecified atom stereocenters. The van der Waals surface area contributed by atoms with Crippen LogP contribution in [0.4, 0.5) is 4.39 Å². The van der Waals surface area contributed by atoms with Crippen molar-refractivity contribution in [2.75, 3.05) is 0 Å². The molecule has 1 N–H and O–H groups in total. The molecule has 2 aromatic rings. The Bertz CT molecular complexity index is 547. The molecule has 1 aromatic heterocycles. The first-order valence-corrected chi connectivity index (χ1v) is 6.65. The van der Waals surface area contributed by atoms with Crippen molar-refractivity contribution in [1.29, 1.82) is 0 Å². The van der Waals surface area contributed by atoms with Gasteiger partial charge in [-0.25, -0.2) is 4.39 Å². The first kappa shape index (κ1) is 10.9. The molecule has 1 aromatic carbocycles. The summed E-state index contributed by atoms with van der Waals surface area (Å²) in [6, 6.07) is 9.58. The third-order valence-electron chi connectivity index (χ3n) is 3.14. The summed E-state index contributed by atoms with van der Waals surface area (Å²) in [5.41, 5.74) is 2.40. The molecule has 0 saturated carbocycles. The number of halogens is 1. The zero-order valence-electron chi connectivity index (χ0n) is 9.66. The van der Waals surface area contributed by atoms with Gasteiger partial charge in [0.1, 0.15) is 5.82 Å². The highest BCUT2D eigenvalue weighted by Gasteiger charge is 2.17. The number of benzene rings is 1. The highest BCUT2D eigenvalue weighted by atomic mass is 32.1. The molecule has 1 aliphatic heterocycles. The van der Waals surface area contributed by atoms with Crippen LogP contribution >= 0.6 is 11.3 Å². The van der Waals surface area contributed by atoms with Crippen molar-refractivity contribution >= 4 is 11.3 Å². The Balaban J connectivity index is 2.00. The molecule has 0 saturated heterocycles. The van der Waals surface area contributed by atoms with E-state index in [2.05, 4.69) is 18.3 Å². The van der Waals surface area contributed by atoms with Gasteiger partial charge in [0.2, 0.25) is 0 Å². The van der Waals surface area contributed by atoms with E-state index in [1.807, 2.05) is 6.07 Å². The minimum atomic E-state index is -0.166. The van der Waals surface area contributed by atoms with E-state index in [4.69, 9.17) is 0 Å². The van der Waals surface area contributed by atoms with Gasteiger partial charge >= 0.3 is 0 Å². The zero-order valence-corrected chi connectivity index (χ0v) is 10.5. The summed E-state index contributed by atoms with van der Waals surface area (Å²) in [4.78, 5) is 2.56. The van der Waals surface area contributed by atoms with Crippen molar-refractivity contribution < 1.29 is 4.39 Å². The van der Waals surface area contributed by atoms with E-state index >= 15 is 0 Å². The second-order valence-corrected chi connectivity index (χ2v) is 5.69. The lowest BCUT2D eigenvalue weighted by atomic mass is 10.0. The lowest BCUT2D eigenvalue weighted by Crippen LogP contribution is -2.31. The molecule has 0 aliphatic carbocycles. The Labute approximate surface area is 104 Å². The third-order valence-corrected chi connectivity index (χ3v) is 4.37. The second-order valence-electron chi connectivity index (χ2n) is 4.56. The molecule has 17 heavy (non-hydrogen) atoms. The maximum absolute atomic E-state index is 13.2. The number of hydrogen-bond acceptors (Lipinski definition) is 2. The standard InChI is InChI=1S/C14H14FNS/c1-9-5-11-7-13(17-14(11)8-16-9)10-3-2-4-12(15)6-10/h2-4,6-7,9,16H,5,8H2,1H3. The molecule has 0 radical (unpaired) electrons. The maximum atomic E-state index is 13.2. The normalized spacial score (nSPS) is 19.1. The molecule has 1 aliphatic rings. The zero-order chi connectivity index (χ0) is 11.8. The number of fused-ring (bicyclic) bond motifs is 1. The molecule has 0 bridgehead atoms. The fourth-order valence-electron chi connectivity index (χ4n) is 2.24. The Hall–Kier alpha value is -1.19. The number of hydrogen-bond donors (Lipinski definition) is 1. The summed E-state index contributed by atoms with van der Waals surface area (Å²) in [5.74, 6) is -0.166. The van der Waals surface area contributed by atoms with E-state index in [-0.39, 0.29) is 5.82 Å². The number of thiophene rings is 1. The minimum Gasteiger partial charge on any atom is -0.309 e. The van der Waals surface area contributed by atoms with E-state index in [1.165, 1.54) is 21.4 Å². The van der Waals surface area contributed by atoms with Crippen molar-refractivity contribution in [2.45, 2.75) is 25.9 Å². The van der Waals surface area contributed by atoms with Crippen LogP contribution in [-0.2, 0) is 13.0 Å². The molecule has 0 spiro atoms. The molecular formula is C14H14FNS. The predicted octanol–water partition coefficient (Wildman–Crippen LogP) is 3.59. The largest absolute Gasteiger partial charge is 0.309 e. The van der Waals surface area contributed by atoms with E-state index in [9.17, 15) is 4.39 Å². The van der Waals surface area contributed by atoms with Gasteiger partial charge in [-0.05, 0) is 42.7 Å². The van der Waals surface area contributed by atoms with Crippen LogP contribution in [0, 0.1) is 5.82 Å². The van der Waals surface area contributed by atoms with Crippen LogP contribution in [0.25, 0.3) is 10.4 Å². The highest BCUT2D eigenvalue weighted by Crippen LogP contribution is 2.34. The molecule has 2 heterocycles. The summed E-state index contributed by atoms with van der Waals surface area (Å²) in [6.07, 6.45) is 1.07. The quantitative estimate of drug-likeness (QED) is 0.812. The van der Waals surface area contributed by atoms with Crippen LogP contribution in [-0.4, -0.2) is 6.04 Å². The van der Waals surface area contributed by atoms with Crippen LogP contribution in [0.3, 0.4) is 0 Å². The van der Waals surface area contributed by atoms with Crippen LogP contribution in [0.15, 0.2) is 30.3 Å². The molecule has 1 nitrogen and oxygen atoms in total. The van der Waals surface area contributed by atoms with Gasteiger partial charge in [0, 0.05) is 22.3 Å². The summed E-state index contributed by atoms with van der Waals surface area (Å²) < 4.78 is 13.2. The monoisotopic (exact) mass is 247 g/mol. The van der Waals surface area contributed by atoms with Gasteiger partial charge < -0.3 is 5.32 Å². The Morgan fingerprint density at radius 3 is 3.06 bits per heavy atom. The average Bonchev–Trinajstić information content (AvgIpc) is 2.72. The fourth-order valence-corrected chi connectivity index (χ4v) is 3.38. The van der Waals surface area contributed by atoms with Crippen LogP contribution in [0.1, 0.15) is 17.4 Å². The first-order chi connectivity index (χ1) is 8.22. The SMILES string of the molecule is CC1Cc2cc(-c3cccc(F)c3)sc2CN1. The van der Waals surface area contributed by atoms with Crippen molar-refractivity contribution in [3.8, 4) is 10.4 Å². The van der Waals surface area contributed by atoms with Crippen LogP contribution < -0.4 is 5.32 Å². The Morgan fingerprint density at radius 2 is 2.24 bits per heavy atom. The fraction of sp³-hybridized carbons (Fsp3) is 0.286. The molecule has 3 rings (SSSR count). The lowest BCUT2D eigenvalue weighted by molar-refractivity contribution is 0.520. The molecule has 1 atom stereocenters. The molecule has 88 valence electrons.